The van der Waals surface area contributed by atoms with E-state index in [0.29, 0.717) is 0 Å². The van der Waals surface area contributed by atoms with E-state index in [0.717, 1.165) is 24.3 Å². The molecule has 1 heteroatoms. The second kappa shape index (κ2) is 9.21. The van der Waals surface area contributed by atoms with Crippen LogP contribution < -0.4 is 5.32 Å². The third-order valence-corrected chi connectivity index (χ3v) is 3.47. The lowest BCUT2D eigenvalue weighted by Crippen LogP contribution is -2.21. The van der Waals surface area contributed by atoms with Crippen LogP contribution in [0.1, 0.15) is 60.3 Å². The SMILES string of the molecule is CCNCCC(CC)[C@H](C)CCC(C)C. The van der Waals surface area contributed by atoms with Crippen LogP contribution in [0.4, 0.5) is 0 Å². The van der Waals surface area contributed by atoms with Gasteiger partial charge in [0.1, 0.15) is 0 Å². The van der Waals surface area contributed by atoms with E-state index in [1.54, 1.807) is 0 Å². The first-order valence-electron chi connectivity index (χ1n) is 6.82. The van der Waals surface area contributed by atoms with Crippen LogP contribution in [-0.4, -0.2) is 13.1 Å². The molecule has 0 aromatic carbocycles. The molecule has 0 rings (SSSR count). The van der Waals surface area contributed by atoms with E-state index in [-0.39, 0.29) is 0 Å². The molecule has 1 nitrogen and oxygen atoms in total. The Balaban J connectivity index is 3.72. The fourth-order valence-corrected chi connectivity index (χ4v) is 2.19. The zero-order chi connectivity index (χ0) is 11.7. The normalized spacial score (nSPS) is 15.6. The van der Waals surface area contributed by atoms with Gasteiger partial charge in [0.25, 0.3) is 0 Å². The van der Waals surface area contributed by atoms with E-state index in [1.807, 2.05) is 0 Å². The van der Waals surface area contributed by atoms with Crippen LogP contribution in [0, 0.1) is 17.8 Å². The summed E-state index contributed by atoms with van der Waals surface area (Å²) in [5, 5.41) is 3.43. The van der Waals surface area contributed by atoms with E-state index >= 15 is 0 Å². The van der Waals surface area contributed by atoms with E-state index in [4.69, 9.17) is 0 Å². The lowest BCUT2D eigenvalue weighted by atomic mass is 9.84. The Bertz CT molecular complexity index is 131. The zero-order valence-electron chi connectivity index (χ0n) is 11.5. The smallest absolute Gasteiger partial charge is 0.00463 e. The standard InChI is InChI=1S/C14H31N/c1-6-14(10-11-15-7-2)13(5)9-8-12(3)4/h12-15H,6-11H2,1-5H3/t13-,14?/m1/s1. The van der Waals surface area contributed by atoms with Crippen molar-refractivity contribution in [1.29, 1.82) is 0 Å². The highest BCUT2D eigenvalue weighted by atomic mass is 14.8. The first-order chi connectivity index (χ1) is 7.11. The van der Waals surface area contributed by atoms with Gasteiger partial charge in [0, 0.05) is 0 Å². The summed E-state index contributed by atoms with van der Waals surface area (Å²) in [6.07, 6.45) is 5.48. The summed E-state index contributed by atoms with van der Waals surface area (Å²) in [7, 11) is 0. The van der Waals surface area contributed by atoms with Crippen molar-refractivity contribution >= 4 is 0 Å². The average Bonchev–Trinajstić information content (AvgIpc) is 2.21. The molecule has 1 N–H and O–H groups in total. The molecule has 0 saturated heterocycles. The Morgan fingerprint density at radius 2 is 1.60 bits per heavy atom. The summed E-state index contributed by atoms with van der Waals surface area (Å²) in [5.41, 5.74) is 0. The number of hydrogen-bond acceptors (Lipinski definition) is 1. The quantitative estimate of drug-likeness (QED) is 0.569. The predicted octanol–water partition coefficient (Wildman–Crippen LogP) is 4.08. The van der Waals surface area contributed by atoms with Gasteiger partial charge in [-0.05, 0) is 37.3 Å². The Morgan fingerprint density at radius 1 is 0.933 bits per heavy atom. The van der Waals surface area contributed by atoms with Crippen LogP contribution in [0.2, 0.25) is 0 Å². The second-order valence-corrected chi connectivity index (χ2v) is 5.26. The van der Waals surface area contributed by atoms with Crippen molar-refractivity contribution in [2.75, 3.05) is 13.1 Å². The summed E-state index contributed by atoms with van der Waals surface area (Å²) < 4.78 is 0. The van der Waals surface area contributed by atoms with Crippen LogP contribution in [0.5, 0.6) is 0 Å². The molecule has 92 valence electrons. The molecule has 2 atom stereocenters. The maximum atomic E-state index is 3.43. The van der Waals surface area contributed by atoms with Crippen molar-refractivity contribution in [3.63, 3.8) is 0 Å². The van der Waals surface area contributed by atoms with E-state index in [9.17, 15) is 0 Å². The van der Waals surface area contributed by atoms with Crippen LogP contribution in [0.25, 0.3) is 0 Å². The van der Waals surface area contributed by atoms with Crippen LogP contribution >= 0.6 is 0 Å². The number of hydrogen-bond donors (Lipinski definition) is 1. The van der Waals surface area contributed by atoms with Crippen molar-refractivity contribution in [3.8, 4) is 0 Å². The molecular weight excluding hydrogens is 182 g/mol. The summed E-state index contributed by atoms with van der Waals surface area (Å²) in [6.45, 7) is 13.9. The van der Waals surface area contributed by atoms with Gasteiger partial charge in [-0.1, -0.05) is 53.9 Å². The molecule has 0 heterocycles. The van der Waals surface area contributed by atoms with Crippen molar-refractivity contribution in [2.45, 2.75) is 60.3 Å². The fourth-order valence-electron chi connectivity index (χ4n) is 2.19. The molecule has 0 aromatic heterocycles. The predicted molar refractivity (Wildman–Crippen MR) is 70.2 cm³/mol. The third kappa shape index (κ3) is 7.84. The minimum Gasteiger partial charge on any atom is -0.317 e. The lowest BCUT2D eigenvalue weighted by Gasteiger charge is -2.23. The molecule has 0 amide bonds. The molecule has 0 saturated carbocycles. The third-order valence-electron chi connectivity index (χ3n) is 3.47. The topological polar surface area (TPSA) is 12.0 Å². The van der Waals surface area contributed by atoms with Crippen molar-refractivity contribution in [2.24, 2.45) is 17.8 Å². The molecule has 0 aliphatic carbocycles. The molecule has 0 aromatic rings. The Kier molecular flexibility index (Phi) is 9.18. The van der Waals surface area contributed by atoms with Gasteiger partial charge in [0.2, 0.25) is 0 Å². The molecule has 0 radical (unpaired) electrons. The molecule has 15 heavy (non-hydrogen) atoms. The molecule has 0 spiro atoms. The monoisotopic (exact) mass is 213 g/mol. The lowest BCUT2D eigenvalue weighted by molar-refractivity contribution is 0.289. The second-order valence-electron chi connectivity index (χ2n) is 5.26. The van der Waals surface area contributed by atoms with Crippen LogP contribution in [0.15, 0.2) is 0 Å². The van der Waals surface area contributed by atoms with Crippen molar-refractivity contribution in [3.05, 3.63) is 0 Å². The van der Waals surface area contributed by atoms with Gasteiger partial charge in [-0.25, -0.2) is 0 Å². The number of nitrogens with one attached hydrogen (secondary N) is 1. The summed E-state index contributed by atoms with van der Waals surface area (Å²) in [6, 6.07) is 0. The first-order valence-corrected chi connectivity index (χ1v) is 6.82. The molecular formula is C14H31N. The highest BCUT2D eigenvalue weighted by Gasteiger charge is 2.15. The first kappa shape index (κ1) is 15.0. The Labute approximate surface area is 97.0 Å². The fraction of sp³-hybridized carbons (Fsp3) is 1.00. The molecule has 0 aliphatic heterocycles. The minimum absolute atomic E-state index is 0.860. The van der Waals surface area contributed by atoms with Gasteiger partial charge in [-0.3, -0.25) is 0 Å². The Morgan fingerprint density at radius 3 is 2.07 bits per heavy atom. The average molecular weight is 213 g/mol. The summed E-state index contributed by atoms with van der Waals surface area (Å²) >= 11 is 0. The highest BCUT2D eigenvalue weighted by Crippen LogP contribution is 2.24. The molecule has 0 aliphatic rings. The largest absolute Gasteiger partial charge is 0.317 e. The molecule has 0 bridgehead atoms. The highest BCUT2D eigenvalue weighted by molar-refractivity contribution is 4.67. The van der Waals surface area contributed by atoms with Gasteiger partial charge in [0.15, 0.2) is 0 Å². The summed E-state index contributed by atoms with van der Waals surface area (Å²) in [5.74, 6) is 2.68. The van der Waals surface area contributed by atoms with Crippen LogP contribution in [-0.2, 0) is 0 Å². The van der Waals surface area contributed by atoms with E-state index in [1.165, 1.54) is 32.2 Å². The Hall–Kier alpha value is -0.0400. The maximum Gasteiger partial charge on any atom is -0.00463 e. The number of rotatable bonds is 9. The van der Waals surface area contributed by atoms with Gasteiger partial charge < -0.3 is 5.32 Å². The van der Waals surface area contributed by atoms with Crippen LogP contribution in [0.3, 0.4) is 0 Å². The molecule has 0 fully saturated rings. The van der Waals surface area contributed by atoms with Gasteiger partial charge in [0.05, 0.1) is 0 Å². The maximum absolute atomic E-state index is 3.43. The van der Waals surface area contributed by atoms with Crippen molar-refractivity contribution in [1.82, 2.24) is 5.32 Å². The van der Waals surface area contributed by atoms with E-state index in [2.05, 4.69) is 39.9 Å². The van der Waals surface area contributed by atoms with Gasteiger partial charge in [-0.2, -0.15) is 0 Å². The molecule has 1 unspecified atom stereocenters. The summed E-state index contributed by atoms with van der Waals surface area (Å²) in [4.78, 5) is 0. The zero-order valence-corrected chi connectivity index (χ0v) is 11.5. The van der Waals surface area contributed by atoms with E-state index < -0.39 is 0 Å². The minimum atomic E-state index is 0.860. The van der Waals surface area contributed by atoms with Crippen molar-refractivity contribution < 1.29 is 0 Å². The van der Waals surface area contributed by atoms with Gasteiger partial charge >= 0.3 is 0 Å². The van der Waals surface area contributed by atoms with Gasteiger partial charge in [-0.15, -0.1) is 0 Å².